The predicted octanol–water partition coefficient (Wildman–Crippen LogP) is 4.29. The minimum Gasteiger partial charge on any atom is -0.320 e. The van der Waals surface area contributed by atoms with Crippen LogP contribution in [0.5, 0.6) is 0 Å². The quantitative estimate of drug-likeness (QED) is 0.351. The smallest absolute Gasteiger partial charge is 0.276 e. The first kappa shape index (κ1) is 20.5. The van der Waals surface area contributed by atoms with E-state index in [1.54, 1.807) is 66.9 Å². The number of amides is 2. The molecule has 2 amide bonds. The Bertz CT molecular complexity index is 1280. The first-order chi connectivity index (χ1) is 15.5. The molecule has 4 rings (SSSR count). The fourth-order valence-corrected chi connectivity index (χ4v) is 2.99. The zero-order valence-corrected chi connectivity index (χ0v) is 16.6. The molecule has 3 aromatic carbocycles. The van der Waals surface area contributed by atoms with Gasteiger partial charge in [-0.3, -0.25) is 19.7 Å². The van der Waals surface area contributed by atoms with Gasteiger partial charge in [0.15, 0.2) is 5.69 Å². The molecule has 9 nitrogen and oxygen atoms in total. The monoisotopic (exact) mass is 427 g/mol. The standard InChI is InChI=1S/C23H17N5O4/c29-22(16-6-2-1-3-7-16)24-19-8-4-5-9-20(19)25-23(30)21-14-15-27(26-21)17-10-12-18(13-11-17)28(31)32/h1-15H,(H,24,29)(H,25,30). The van der Waals surface area contributed by atoms with Crippen molar-refractivity contribution < 1.29 is 14.5 Å². The summed E-state index contributed by atoms with van der Waals surface area (Å²) in [6.45, 7) is 0. The maximum absolute atomic E-state index is 12.7. The largest absolute Gasteiger partial charge is 0.320 e. The van der Waals surface area contributed by atoms with Crippen molar-refractivity contribution in [1.29, 1.82) is 0 Å². The predicted molar refractivity (Wildman–Crippen MR) is 119 cm³/mol. The summed E-state index contributed by atoms with van der Waals surface area (Å²) in [6.07, 6.45) is 1.58. The molecule has 0 spiro atoms. The second-order valence-corrected chi connectivity index (χ2v) is 6.74. The Balaban J connectivity index is 1.49. The van der Waals surface area contributed by atoms with E-state index < -0.39 is 10.8 Å². The molecule has 4 aromatic rings. The van der Waals surface area contributed by atoms with Crippen LogP contribution in [0.1, 0.15) is 20.8 Å². The van der Waals surface area contributed by atoms with E-state index in [0.29, 0.717) is 22.6 Å². The maximum atomic E-state index is 12.7. The first-order valence-electron chi connectivity index (χ1n) is 9.58. The Kier molecular flexibility index (Phi) is 5.71. The van der Waals surface area contributed by atoms with Crippen molar-refractivity contribution in [3.05, 3.63) is 112 Å². The third-order valence-electron chi connectivity index (χ3n) is 4.61. The Morgan fingerprint density at radius 1 is 0.781 bits per heavy atom. The van der Waals surface area contributed by atoms with Crippen LogP contribution in [0.15, 0.2) is 91.1 Å². The van der Waals surface area contributed by atoms with Gasteiger partial charge in [0.2, 0.25) is 0 Å². The minimum absolute atomic E-state index is 0.0342. The molecule has 0 unspecified atom stereocenters. The molecule has 0 bridgehead atoms. The molecule has 1 heterocycles. The zero-order valence-electron chi connectivity index (χ0n) is 16.6. The first-order valence-corrected chi connectivity index (χ1v) is 9.58. The van der Waals surface area contributed by atoms with Crippen LogP contribution >= 0.6 is 0 Å². The average Bonchev–Trinajstić information content (AvgIpc) is 3.31. The Morgan fingerprint density at radius 3 is 2.00 bits per heavy atom. The van der Waals surface area contributed by atoms with Gasteiger partial charge in [-0.1, -0.05) is 30.3 Å². The molecule has 158 valence electrons. The lowest BCUT2D eigenvalue weighted by Gasteiger charge is -2.11. The van der Waals surface area contributed by atoms with Crippen LogP contribution in [-0.2, 0) is 0 Å². The summed E-state index contributed by atoms with van der Waals surface area (Å²) in [5.41, 5.74) is 2.05. The molecule has 0 saturated heterocycles. The van der Waals surface area contributed by atoms with E-state index in [2.05, 4.69) is 15.7 Å². The number of benzene rings is 3. The number of hydrogen-bond acceptors (Lipinski definition) is 5. The van der Waals surface area contributed by atoms with Crippen molar-refractivity contribution in [1.82, 2.24) is 9.78 Å². The number of anilines is 2. The van der Waals surface area contributed by atoms with Gasteiger partial charge >= 0.3 is 0 Å². The number of aromatic nitrogens is 2. The van der Waals surface area contributed by atoms with Gasteiger partial charge in [-0.05, 0) is 42.5 Å². The lowest BCUT2D eigenvalue weighted by molar-refractivity contribution is -0.384. The second kappa shape index (κ2) is 8.92. The molecule has 0 fully saturated rings. The number of nitro benzene ring substituents is 1. The van der Waals surface area contributed by atoms with Crippen molar-refractivity contribution in [3.8, 4) is 5.69 Å². The van der Waals surface area contributed by atoms with Crippen molar-refractivity contribution in [2.45, 2.75) is 0 Å². The van der Waals surface area contributed by atoms with Crippen LogP contribution in [-0.4, -0.2) is 26.5 Å². The van der Waals surface area contributed by atoms with Crippen molar-refractivity contribution in [3.63, 3.8) is 0 Å². The van der Waals surface area contributed by atoms with E-state index in [-0.39, 0.29) is 17.3 Å². The number of hydrogen-bond donors (Lipinski definition) is 2. The average molecular weight is 427 g/mol. The minimum atomic E-state index is -0.486. The number of rotatable bonds is 6. The van der Waals surface area contributed by atoms with Gasteiger partial charge in [0.05, 0.1) is 22.0 Å². The molecular weight excluding hydrogens is 410 g/mol. The summed E-state index contributed by atoms with van der Waals surface area (Å²) >= 11 is 0. The highest BCUT2D eigenvalue weighted by Crippen LogP contribution is 2.23. The zero-order chi connectivity index (χ0) is 22.5. The Labute approximate surface area is 182 Å². The molecule has 0 aliphatic heterocycles. The van der Waals surface area contributed by atoms with Crippen molar-refractivity contribution in [2.24, 2.45) is 0 Å². The van der Waals surface area contributed by atoms with Crippen molar-refractivity contribution >= 4 is 28.9 Å². The molecule has 0 aliphatic rings. The van der Waals surface area contributed by atoms with E-state index in [9.17, 15) is 19.7 Å². The summed E-state index contributed by atoms with van der Waals surface area (Å²) in [5.74, 6) is -0.762. The van der Waals surface area contributed by atoms with Crippen LogP contribution in [0.25, 0.3) is 5.69 Å². The molecule has 0 radical (unpaired) electrons. The number of nitrogens with zero attached hydrogens (tertiary/aromatic N) is 3. The SMILES string of the molecule is O=C(Nc1ccccc1NC(=O)c1ccn(-c2ccc([N+](=O)[O-])cc2)n1)c1ccccc1. The van der Waals surface area contributed by atoms with Crippen LogP contribution < -0.4 is 10.6 Å². The van der Waals surface area contributed by atoms with E-state index in [0.717, 1.165) is 0 Å². The van der Waals surface area contributed by atoms with Gasteiger partial charge in [0.1, 0.15) is 0 Å². The summed E-state index contributed by atoms with van der Waals surface area (Å²) in [4.78, 5) is 35.5. The second-order valence-electron chi connectivity index (χ2n) is 6.74. The van der Waals surface area contributed by atoms with Crippen LogP contribution in [0, 0.1) is 10.1 Å². The van der Waals surface area contributed by atoms with Gasteiger partial charge in [0, 0.05) is 23.9 Å². The third kappa shape index (κ3) is 4.51. The van der Waals surface area contributed by atoms with E-state index in [1.165, 1.54) is 22.9 Å². The highest BCUT2D eigenvalue weighted by Gasteiger charge is 2.15. The summed E-state index contributed by atoms with van der Waals surface area (Å²) < 4.78 is 1.45. The van der Waals surface area contributed by atoms with E-state index in [4.69, 9.17) is 0 Å². The molecule has 9 heteroatoms. The van der Waals surface area contributed by atoms with Crippen LogP contribution in [0.4, 0.5) is 17.1 Å². The number of nitro groups is 1. The van der Waals surface area contributed by atoms with Crippen LogP contribution in [0.3, 0.4) is 0 Å². The molecule has 1 aromatic heterocycles. The molecular formula is C23H17N5O4. The number of nitrogens with one attached hydrogen (secondary N) is 2. The molecule has 0 atom stereocenters. The van der Waals surface area contributed by atoms with Gasteiger partial charge in [-0.2, -0.15) is 5.10 Å². The van der Waals surface area contributed by atoms with E-state index in [1.807, 2.05) is 6.07 Å². The fourth-order valence-electron chi connectivity index (χ4n) is 2.99. The van der Waals surface area contributed by atoms with Crippen LogP contribution in [0.2, 0.25) is 0 Å². The molecule has 32 heavy (non-hydrogen) atoms. The number of para-hydroxylation sites is 2. The van der Waals surface area contributed by atoms with Crippen molar-refractivity contribution in [2.75, 3.05) is 10.6 Å². The third-order valence-corrected chi connectivity index (χ3v) is 4.61. The number of non-ortho nitro benzene ring substituents is 1. The molecule has 0 saturated carbocycles. The number of carbonyl (C=O) groups is 2. The molecule has 0 aliphatic carbocycles. The highest BCUT2D eigenvalue weighted by atomic mass is 16.6. The van der Waals surface area contributed by atoms with Gasteiger partial charge in [-0.25, -0.2) is 4.68 Å². The Morgan fingerprint density at radius 2 is 1.38 bits per heavy atom. The highest BCUT2D eigenvalue weighted by molar-refractivity contribution is 6.09. The van der Waals surface area contributed by atoms with Gasteiger partial charge in [-0.15, -0.1) is 0 Å². The van der Waals surface area contributed by atoms with Gasteiger partial charge in [0.25, 0.3) is 17.5 Å². The summed E-state index contributed by atoms with van der Waals surface area (Å²) in [6, 6.07) is 22.9. The normalized spacial score (nSPS) is 10.4. The van der Waals surface area contributed by atoms with Gasteiger partial charge < -0.3 is 10.6 Å². The summed E-state index contributed by atoms with van der Waals surface area (Å²) in [7, 11) is 0. The molecule has 2 N–H and O–H groups in total. The topological polar surface area (TPSA) is 119 Å². The number of carbonyl (C=O) groups excluding carboxylic acids is 2. The maximum Gasteiger partial charge on any atom is 0.276 e. The fraction of sp³-hybridized carbons (Fsp3) is 0. The lowest BCUT2D eigenvalue weighted by Crippen LogP contribution is -2.17. The summed E-state index contributed by atoms with van der Waals surface area (Å²) in [5, 5.41) is 20.6. The lowest BCUT2D eigenvalue weighted by atomic mass is 10.2. The van der Waals surface area contributed by atoms with E-state index >= 15 is 0 Å². The Hall–Kier alpha value is -4.79.